The van der Waals surface area contributed by atoms with Crippen molar-refractivity contribution >= 4 is 22.7 Å². The Bertz CT molecular complexity index is 1300. The van der Waals surface area contributed by atoms with Crippen LogP contribution in [-0.4, -0.2) is 53.3 Å². The number of methoxy groups -OCH3 is 1. The normalized spacial score (nSPS) is 10.8. The highest BCUT2D eigenvalue weighted by atomic mass is 16.5. The van der Waals surface area contributed by atoms with Crippen molar-refractivity contribution in [2.24, 2.45) is 0 Å². The van der Waals surface area contributed by atoms with E-state index in [1.807, 2.05) is 60.5 Å². The third-order valence-corrected chi connectivity index (χ3v) is 6.32. The lowest BCUT2D eigenvalue weighted by Crippen LogP contribution is -2.43. The van der Waals surface area contributed by atoms with Crippen molar-refractivity contribution in [3.8, 4) is 5.75 Å². The van der Waals surface area contributed by atoms with Crippen molar-refractivity contribution in [2.45, 2.75) is 26.3 Å². The minimum absolute atomic E-state index is 0.0323. The number of ether oxygens (including phenoxy) is 1. The second-order valence-corrected chi connectivity index (χ2v) is 8.87. The van der Waals surface area contributed by atoms with Crippen LogP contribution < -0.4 is 4.74 Å². The van der Waals surface area contributed by atoms with E-state index in [1.165, 1.54) is 10.9 Å². The molecule has 6 nitrogen and oxygen atoms in total. The molecule has 0 bridgehead atoms. The second-order valence-electron chi connectivity index (χ2n) is 8.87. The first-order chi connectivity index (χ1) is 17.6. The van der Waals surface area contributed by atoms with Crippen molar-refractivity contribution < 1.29 is 14.3 Å². The van der Waals surface area contributed by atoms with E-state index in [-0.39, 0.29) is 18.4 Å². The highest BCUT2D eigenvalue weighted by molar-refractivity contribution is 5.97. The molecule has 0 radical (unpaired) electrons. The number of carbonyl (C=O) groups excluding carboxylic acids is 2. The molecule has 1 heterocycles. The summed E-state index contributed by atoms with van der Waals surface area (Å²) in [5.41, 5.74) is 3.84. The number of benzene rings is 3. The average Bonchev–Trinajstić information content (AvgIpc) is 3.34. The van der Waals surface area contributed by atoms with Crippen LogP contribution in [0.3, 0.4) is 0 Å². The predicted molar refractivity (Wildman–Crippen MR) is 143 cm³/mol. The predicted octanol–water partition coefficient (Wildman–Crippen LogP) is 5.30. The van der Waals surface area contributed by atoms with E-state index in [0.717, 1.165) is 23.9 Å². The molecule has 4 aromatic rings. The van der Waals surface area contributed by atoms with Crippen LogP contribution in [0.4, 0.5) is 0 Å². The molecule has 0 fully saturated rings. The number of H-pyrrole nitrogens is 1. The molecule has 186 valence electrons. The number of aromatic amines is 1. The fraction of sp³-hybridized carbons (Fsp3) is 0.267. The molecule has 6 heteroatoms. The molecule has 1 N–H and O–H groups in total. The number of nitrogens with zero attached hydrogens (tertiary/aromatic N) is 2. The number of aromatic nitrogens is 1. The van der Waals surface area contributed by atoms with E-state index in [2.05, 4.69) is 17.1 Å². The Morgan fingerprint density at radius 1 is 0.889 bits per heavy atom. The zero-order chi connectivity index (χ0) is 25.3. The Labute approximate surface area is 212 Å². The Hall–Kier alpha value is -4.06. The Kier molecular flexibility index (Phi) is 8.40. The van der Waals surface area contributed by atoms with Gasteiger partial charge >= 0.3 is 0 Å². The topological polar surface area (TPSA) is 65.6 Å². The molecule has 0 unspecified atom stereocenters. The standard InChI is InChI=1S/C30H33N3O3/c1-3-17-33(30(35)24-12-9-13-26(19-24)36-2)22-29(34)32(21-23-10-5-4-6-11-23)18-16-25-20-31-28-15-8-7-14-27(25)28/h4-15,19-20,31H,3,16-18,21-22H2,1-2H3. The first-order valence-corrected chi connectivity index (χ1v) is 12.4. The van der Waals surface area contributed by atoms with Crippen molar-refractivity contribution in [1.82, 2.24) is 14.8 Å². The van der Waals surface area contributed by atoms with Gasteiger partial charge < -0.3 is 19.5 Å². The Morgan fingerprint density at radius 3 is 2.44 bits per heavy atom. The summed E-state index contributed by atoms with van der Waals surface area (Å²) in [4.78, 5) is 33.7. The fourth-order valence-electron chi connectivity index (χ4n) is 4.41. The Balaban J connectivity index is 1.52. The highest BCUT2D eigenvalue weighted by Crippen LogP contribution is 2.19. The maximum Gasteiger partial charge on any atom is 0.254 e. The minimum atomic E-state index is -0.166. The molecule has 0 atom stereocenters. The summed E-state index contributed by atoms with van der Waals surface area (Å²) in [6.45, 7) is 3.60. The lowest BCUT2D eigenvalue weighted by molar-refractivity contribution is -0.132. The first kappa shape index (κ1) is 25.0. The zero-order valence-corrected chi connectivity index (χ0v) is 20.9. The van der Waals surface area contributed by atoms with Gasteiger partial charge in [0.25, 0.3) is 5.91 Å². The third kappa shape index (κ3) is 6.13. The molecule has 2 amide bonds. The van der Waals surface area contributed by atoms with Gasteiger partial charge in [-0.1, -0.05) is 61.5 Å². The number of nitrogens with one attached hydrogen (secondary N) is 1. The van der Waals surface area contributed by atoms with Crippen LogP contribution >= 0.6 is 0 Å². The molecule has 0 aliphatic rings. The van der Waals surface area contributed by atoms with E-state index >= 15 is 0 Å². The van der Waals surface area contributed by atoms with Crippen molar-refractivity contribution in [2.75, 3.05) is 26.7 Å². The lowest BCUT2D eigenvalue weighted by atomic mass is 10.1. The monoisotopic (exact) mass is 483 g/mol. The van der Waals surface area contributed by atoms with Crippen LogP contribution in [0.5, 0.6) is 5.75 Å². The minimum Gasteiger partial charge on any atom is -0.497 e. The molecule has 36 heavy (non-hydrogen) atoms. The molecular weight excluding hydrogens is 450 g/mol. The summed E-state index contributed by atoms with van der Waals surface area (Å²) in [5, 5.41) is 1.17. The van der Waals surface area contributed by atoms with E-state index in [9.17, 15) is 9.59 Å². The number of amides is 2. The van der Waals surface area contributed by atoms with Gasteiger partial charge in [0.2, 0.25) is 5.91 Å². The molecule has 0 spiro atoms. The summed E-state index contributed by atoms with van der Waals surface area (Å²) < 4.78 is 5.28. The van der Waals surface area contributed by atoms with Gasteiger partial charge in [-0.3, -0.25) is 9.59 Å². The van der Waals surface area contributed by atoms with Crippen LogP contribution in [0.2, 0.25) is 0 Å². The third-order valence-electron chi connectivity index (χ3n) is 6.32. The maximum absolute atomic E-state index is 13.6. The smallest absolute Gasteiger partial charge is 0.254 e. The van der Waals surface area contributed by atoms with Crippen LogP contribution in [0.15, 0.2) is 85.1 Å². The van der Waals surface area contributed by atoms with Gasteiger partial charge in [0.1, 0.15) is 12.3 Å². The number of para-hydroxylation sites is 1. The van der Waals surface area contributed by atoms with Crippen LogP contribution in [0.25, 0.3) is 10.9 Å². The zero-order valence-electron chi connectivity index (χ0n) is 20.9. The van der Waals surface area contributed by atoms with Gasteiger partial charge in [0, 0.05) is 42.3 Å². The molecule has 1 aromatic heterocycles. The number of hydrogen-bond donors (Lipinski definition) is 1. The van der Waals surface area contributed by atoms with E-state index in [0.29, 0.717) is 30.9 Å². The van der Waals surface area contributed by atoms with Gasteiger partial charge in [0.05, 0.1) is 7.11 Å². The van der Waals surface area contributed by atoms with E-state index < -0.39 is 0 Å². The fourth-order valence-corrected chi connectivity index (χ4v) is 4.41. The van der Waals surface area contributed by atoms with Gasteiger partial charge in [-0.15, -0.1) is 0 Å². The highest BCUT2D eigenvalue weighted by Gasteiger charge is 2.23. The number of rotatable bonds is 11. The second kappa shape index (κ2) is 12.1. The molecule has 4 rings (SSSR count). The maximum atomic E-state index is 13.6. The van der Waals surface area contributed by atoms with E-state index in [4.69, 9.17) is 4.74 Å². The molecule has 0 aliphatic carbocycles. The van der Waals surface area contributed by atoms with Crippen LogP contribution in [0, 0.1) is 0 Å². The summed E-state index contributed by atoms with van der Waals surface area (Å²) in [6.07, 6.45) is 3.50. The van der Waals surface area contributed by atoms with Crippen LogP contribution in [0.1, 0.15) is 34.8 Å². The van der Waals surface area contributed by atoms with Gasteiger partial charge in [-0.25, -0.2) is 0 Å². The number of fused-ring (bicyclic) bond motifs is 1. The molecular formula is C30H33N3O3. The molecule has 0 saturated carbocycles. The quantitative estimate of drug-likeness (QED) is 0.315. The summed E-state index contributed by atoms with van der Waals surface area (Å²) >= 11 is 0. The summed E-state index contributed by atoms with van der Waals surface area (Å²) in [7, 11) is 1.58. The van der Waals surface area contributed by atoms with Gasteiger partial charge in [-0.2, -0.15) is 0 Å². The number of carbonyl (C=O) groups is 2. The molecule has 0 saturated heterocycles. The SMILES string of the molecule is CCCN(CC(=O)N(CCc1c[nH]c2ccccc12)Cc1ccccc1)C(=O)c1cccc(OC)c1. The van der Waals surface area contributed by atoms with Gasteiger partial charge in [0.15, 0.2) is 0 Å². The first-order valence-electron chi connectivity index (χ1n) is 12.4. The average molecular weight is 484 g/mol. The van der Waals surface area contributed by atoms with Crippen molar-refractivity contribution in [3.05, 3.63) is 102 Å². The number of hydrogen-bond acceptors (Lipinski definition) is 3. The lowest BCUT2D eigenvalue weighted by Gasteiger charge is -2.28. The van der Waals surface area contributed by atoms with E-state index in [1.54, 1.807) is 36.3 Å². The van der Waals surface area contributed by atoms with Crippen LogP contribution in [-0.2, 0) is 17.8 Å². The summed E-state index contributed by atoms with van der Waals surface area (Å²) in [5.74, 6) is 0.386. The van der Waals surface area contributed by atoms with Crippen molar-refractivity contribution in [1.29, 1.82) is 0 Å². The largest absolute Gasteiger partial charge is 0.497 e. The Morgan fingerprint density at radius 2 is 1.67 bits per heavy atom. The summed E-state index contributed by atoms with van der Waals surface area (Å²) in [6, 6.07) is 25.2. The molecule has 0 aliphatic heterocycles. The van der Waals surface area contributed by atoms with Gasteiger partial charge in [-0.05, 0) is 48.2 Å². The van der Waals surface area contributed by atoms with Crippen molar-refractivity contribution in [3.63, 3.8) is 0 Å². The molecule has 3 aromatic carbocycles.